The molecule has 0 aliphatic carbocycles. The molecule has 0 aromatic carbocycles. The van der Waals surface area contributed by atoms with Gasteiger partial charge < -0.3 is 4.90 Å². The van der Waals surface area contributed by atoms with Gasteiger partial charge in [-0.3, -0.25) is 4.79 Å². The molecule has 0 aliphatic heterocycles. The van der Waals surface area contributed by atoms with Crippen LogP contribution in [0.3, 0.4) is 0 Å². The summed E-state index contributed by atoms with van der Waals surface area (Å²) in [6.07, 6.45) is 4.83. The molecule has 0 spiro atoms. The van der Waals surface area contributed by atoms with E-state index in [1.807, 2.05) is 6.08 Å². The second kappa shape index (κ2) is 6.00. The van der Waals surface area contributed by atoms with E-state index in [1.165, 1.54) is 12.3 Å². The van der Waals surface area contributed by atoms with Crippen LogP contribution in [0.2, 0.25) is 0 Å². The van der Waals surface area contributed by atoms with E-state index in [2.05, 4.69) is 11.6 Å². The lowest BCUT2D eigenvalue weighted by atomic mass is 10.2. The summed E-state index contributed by atoms with van der Waals surface area (Å²) in [5, 5.41) is 0. The first-order valence-corrected chi connectivity index (χ1v) is 5.13. The Bertz CT molecular complexity index is 379. The molecule has 1 rings (SSSR count). The molecule has 1 aromatic rings. The zero-order valence-electron chi connectivity index (χ0n) is 9.32. The van der Waals surface area contributed by atoms with E-state index in [0.29, 0.717) is 12.1 Å². The summed E-state index contributed by atoms with van der Waals surface area (Å²) in [6.45, 7) is 4.24. The molecule has 86 valence electrons. The van der Waals surface area contributed by atoms with Gasteiger partial charge in [0, 0.05) is 31.4 Å². The highest BCUT2D eigenvalue weighted by Gasteiger charge is 2.11. The molecule has 1 aromatic heterocycles. The number of pyridine rings is 1. The number of rotatable bonds is 5. The zero-order chi connectivity index (χ0) is 12.0. The summed E-state index contributed by atoms with van der Waals surface area (Å²) in [6, 6.07) is 2.65. The van der Waals surface area contributed by atoms with Crippen LogP contribution in [0, 0.1) is 5.95 Å². The fourth-order valence-electron chi connectivity index (χ4n) is 1.33. The molecule has 0 aliphatic rings. The van der Waals surface area contributed by atoms with Crippen molar-refractivity contribution in [3.8, 4) is 0 Å². The van der Waals surface area contributed by atoms with Crippen molar-refractivity contribution in [3.63, 3.8) is 0 Å². The minimum atomic E-state index is -0.634. The summed E-state index contributed by atoms with van der Waals surface area (Å²) in [7, 11) is 1.70. The predicted octanol–water partition coefficient (Wildman–Crippen LogP) is 2.26. The average Bonchev–Trinajstić information content (AvgIpc) is 2.28. The summed E-state index contributed by atoms with van der Waals surface area (Å²) >= 11 is 0. The Balaban J connectivity index is 2.59. The summed E-state index contributed by atoms with van der Waals surface area (Å²) in [4.78, 5) is 16.8. The van der Waals surface area contributed by atoms with Gasteiger partial charge in [-0.15, -0.1) is 6.58 Å². The van der Waals surface area contributed by atoms with Gasteiger partial charge in [-0.1, -0.05) is 6.08 Å². The summed E-state index contributed by atoms with van der Waals surface area (Å²) in [5.74, 6) is -0.823. The third kappa shape index (κ3) is 3.46. The Hall–Kier alpha value is -1.71. The lowest BCUT2D eigenvalue weighted by Crippen LogP contribution is -2.27. The second-order valence-electron chi connectivity index (χ2n) is 3.52. The Kier molecular flexibility index (Phi) is 4.64. The number of amides is 1. The first kappa shape index (κ1) is 12.4. The minimum absolute atomic E-state index is 0.189. The van der Waals surface area contributed by atoms with Crippen molar-refractivity contribution >= 4 is 5.91 Å². The number of allylic oxidation sites excluding steroid dienone is 1. The number of aromatic nitrogens is 1. The van der Waals surface area contributed by atoms with E-state index in [9.17, 15) is 9.18 Å². The van der Waals surface area contributed by atoms with Crippen molar-refractivity contribution in [2.75, 3.05) is 13.6 Å². The third-order valence-corrected chi connectivity index (χ3v) is 2.22. The number of carbonyl (C=O) groups is 1. The van der Waals surface area contributed by atoms with Gasteiger partial charge in [0.15, 0.2) is 0 Å². The number of halogens is 1. The fourth-order valence-corrected chi connectivity index (χ4v) is 1.33. The van der Waals surface area contributed by atoms with Gasteiger partial charge in [-0.25, -0.2) is 4.98 Å². The number of hydrogen-bond acceptors (Lipinski definition) is 2. The molecule has 3 nitrogen and oxygen atoms in total. The molecule has 0 N–H and O–H groups in total. The molecule has 0 saturated carbocycles. The van der Waals surface area contributed by atoms with Crippen LogP contribution >= 0.6 is 0 Å². The molecule has 0 radical (unpaired) electrons. The quantitative estimate of drug-likeness (QED) is 0.435. The van der Waals surface area contributed by atoms with Crippen LogP contribution < -0.4 is 0 Å². The topological polar surface area (TPSA) is 33.2 Å². The number of carbonyl (C=O) groups excluding carboxylic acids is 1. The first-order chi connectivity index (χ1) is 7.65. The van der Waals surface area contributed by atoms with Crippen molar-refractivity contribution in [1.29, 1.82) is 0 Å². The lowest BCUT2D eigenvalue weighted by molar-refractivity contribution is 0.0793. The largest absolute Gasteiger partial charge is 0.342 e. The highest BCUT2D eigenvalue weighted by Crippen LogP contribution is 2.05. The van der Waals surface area contributed by atoms with Gasteiger partial charge in [0.1, 0.15) is 0 Å². The monoisotopic (exact) mass is 222 g/mol. The van der Waals surface area contributed by atoms with Crippen LogP contribution in [0.4, 0.5) is 4.39 Å². The molecule has 0 saturated heterocycles. The van der Waals surface area contributed by atoms with Gasteiger partial charge in [0.2, 0.25) is 5.95 Å². The van der Waals surface area contributed by atoms with Crippen LogP contribution in [0.1, 0.15) is 23.2 Å². The van der Waals surface area contributed by atoms with E-state index < -0.39 is 5.95 Å². The average molecular weight is 222 g/mol. The van der Waals surface area contributed by atoms with E-state index in [-0.39, 0.29) is 5.91 Å². The van der Waals surface area contributed by atoms with E-state index >= 15 is 0 Å². The Morgan fingerprint density at radius 2 is 2.44 bits per heavy atom. The van der Waals surface area contributed by atoms with Gasteiger partial charge in [0.25, 0.3) is 5.91 Å². The molecule has 0 fully saturated rings. The maximum Gasteiger partial charge on any atom is 0.253 e. The van der Waals surface area contributed by atoms with Crippen molar-refractivity contribution in [3.05, 3.63) is 42.5 Å². The van der Waals surface area contributed by atoms with E-state index in [4.69, 9.17) is 0 Å². The molecular weight excluding hydrogens is 207 g/mol. The lowest BCUT2D eigenvalue weighted by Gasteiger charge is -2.16. The number of nitrogens with zero attached hydrogens (tertiary/aromatic N) is 2. The minimum Gasteiger partial charge on any atom is -0.342 e. The van der Waals surface area contributed by atoms with Gasteiger partial charge in [-0.2, -0.15) is 4.39 Å². The van der Waals surface area contributed by atoms with Gasteiger partial charge in [-0.05, 0) is 18.9 Å². The first-order valence-electron chi connectivity index (χ1n) is 5.13. The van der Waals surface area contributed by atoms with Gasteiger partial charge >= 0.3 is 0 Å². The third-order valence-electron chi connectivity index (χ3n) is 2.22. The van der Waals surface area contributed by atoms with Crippen LogP contribution in [-0.4, -0.2) is 29.4 Å². The SMILES string of the molecule is C=CCCCN(C)C(=O)c1ccnc(F)c1. The van der Waals surface area contributed by atoms with Crippen molar-refractivity contribution in [2.24, 2.45) is 0 Å². The second-order valence-corrected chi connectivity index (χ2v) is 3.52. The smallest absolute Gasteiger partial charge is 0.253 e. The predicted molar refractivity (Wildman–Crippen MR) is 60.6 cm³/mol. The standard InChI is InChI=1S/C12H15FN2O/c1-3-4-5-8-15(2)12(16)10-6-7-14-11(13)9-10/h3,6-7,9H,1,4-5,8H2,2H3. The molecule has 0 bridgehead atoms. The van der Waals surface area contributed by atoms with E-state index in [0.717, 1.165) is 18.9 Å². The Labute approximate surface area is 94.6 Å². The molecule has 1 amide bonds. The summed E-state index contributed by atoms with van der Waals surface area (Å²) in [5.41, 5.74) is 0.327. The van der Waals surface area contributed by atoms with Crippen LogP contribution in [-0.2, 0) is 0 Å². The van der Waals surface area contributed by atoms with Crippen LogP contribution in [0.15, 0.2) is 31.0 Å². The fraction of sp³-hybridized carbons (Fsp3) is 0.333. The molecule has 1 heterocycles. The Morgan fingerprint density at radius 3 is 3.06 bits per heavy atom. The molecular formula is C12H15FN2O. The van der Waals surface area contributed by atoms with Crippen LogP contribution in [0.5, 0.6) is 0 Å². The normalized spacial score (nSPS) is 9.88. The van der Waals surface area contributed by atoms with Crippen molar-refractivity contribution in [2.45, 2.75) is 12.8 Å². The van der Waals surface area contributed by atoms with Crippen molar-refractivity contribution < 1.29 is 9.18 Å². The molecule has 4 heteroatoms. The zero-order valence-corrected chi connectivity index (χ0v) is 9.32. The molecule has 0 atom stereocenters. The number of hydrogen-bond donors (Lipinski definition) is 0. The van der Waals surface area contributed by atoms with Gasteiger partial charge in [0.05, 0.1) is 0 Å². The maximum atomic E-state index is 12.8. The van der Waals surface area contributed by atoms with E-state index in [1.54, 1.807) is 11.9 Å². The Morgan fingerprint density at radius 1 is 1.69 bits per heavy atom. The highest BCUT2D eigenvalue weighted by atomic mass is 19.1. The number of unbranched alkanes of at least 4 members (excludes halogenated alkanes) is 1. The molecule has 0 unspecified atom stereocenters. The van der Waals surface area contributed by atoms with Crippen LogP contribution in [0.25, 0.3) is 0 Å². The maximum absolute atomic E-state index is 12.8. The summed E-state index contributed by atoms with van der Waals surface area (Å²) < 4.78 is 12.8. The van der Waals surface area contributed by atoms with Crippen molar-refractivity contribution in [1.82, 2.24) is 9.88 Å². The highest BCUT2D eigenvalue weighted by molar-refractivity contribution is 5.93. The molecule has 16 heavy (non-hydrogen) atoms.